The highest BCUT2D eigenvalue weighted by Gasteiger charge is 2.21. The number of likely N-dealkylation sites (N-methyl/N-ethyl adjacent to an activating group) is 1. The Labute approximate surface area is 176 Å². The lowest BCUT2D eigenvalue weighted by atomic mass is 10.1. The van der Waals surface area contributed by atoms with Crippen molar-refractivity contribution in [2.24, 2.45) is 0 Å². The number of ether oxygens (including phenoxy) is 1. The van der Waals surface area contributed by atoms with Gasteiger partial charge in [0.15, 0.2) is 0 Å². The van der Waals surface area contributed by atoms with E-state index in [1.807, 2.05) is 25.1 Å². The first kappa shape index (κ1) is 20.8. The number of benzene rings is 2. The summed E-state index contributed by atoms with van der Waals surface area (Å²) in [6.45, 7) is 9.30. The number of piperazine rings is 1. The lowest BCUT2D eigenvalue weighted by molar-refractivity contribution is 0.102. The molecule has 0 aromatic heterocycles. The van der Waals surface area contributed by atoms with Gasteiger partial charge in [0.1, 0.15) is 5.75 Å². The minimum Gasteiger partial charge on any atom is -0.492 e. The van der Waals surface area contributed by atoms with E-state index in [4.69, 9.17) is 27.9 Å². The number of nitrogens with one attached hydrogen (secondary N) is 1. The summed E-state index contributed by atoms with van der Waals surface area (Å²) in [5.41, 5.74) is 2.04. The van der Waals surface area contributed by atoms with Gasteiger partial charge in [0.2, 0.25) is 0 Å². The Balaban J connectivity index is 1.80. The van der Waals surface area contributed by atoms with Crippen molar-refractivity contribution >= 4 is 40.5 Å². The van der Waals surface area contributed by atoms with E-state index in [0.29, 0.717) is 33.7 Å². The van der Waals surface area contributed by atoms with Crippen LogP contribution in [0.5, 0.6) is 5.75 Å². The minimum atomic E-state index is -0.236. The van der Waals surface area contributed by atoms with Crippen LogP contribution in [0.1, 0.15) is 24.2 Å². The zero-order valence-corrected chi connectivity index (χ0v) is 17.7. The monoisotopic (exact) mass is 421 g/mol. The van der Waals surface area contributed by atoms with E-state index in [9.17, 15) is 4.79 Å². The van der Waals surface area contributed by atoms with Gasteiger partial charge in [-0.25, -0.2) is 0 Å². The molecular formula is C21H25Cl2N3O2. The lowest BCUT2D eigenvalue weighted by Crippen LogP contribution is -2.46. The van der Waals surface area contributed by atoms with Gasteiger partial charge in [-0.15, -0.1) is 0 Å². The molecule has 1 fully saturated rings. The van der Waals surface area contributed by atoms with Crippen LogP contribution in [-0.4, -0.2) is 50.1 Å². The Hall–Kier alpha value is -1.95. The van der Waals surface area contributed by atoms with Crippen molar-refractivity contribution < 1.29 is 9.53 Å². The molecule has 0 saturated carbocycles. The summed E-state index contributed by atoms with van der Waals surface area (Å²) >= 11 is 12.7. The van der Waals surface area contributed by atoms with Crippen LogP contribution in [0.15, 0.2) is 36.4 Å². The van der Waals surface area contributed by atoms with Gasteiger partial charge >= 0.3 is 0 Å². The molecule has 1 saturated heterocycles. The van der Waals surface area contributed by atoms with Crippen molar-refractivity contribution in [1.82, 2.24) is 4.90 Å². The molecule has 150 valence electrons. The average molecular weight is 422 g/mol. The van der Waals surface area contributed by atoms with Crippen molar-refractivity contribution in [3.05, 3.63) is 52.0 Å². The van der Waals surface area contributed by atoms with Crippen LogP contribution in [0.25, 0.3) is 0 Å². The first-order valence-electron chi connectivity index (χ1n) is 9.53. The fraction of sp³-hybridized carbons (Fsp3) is 0.381. The van der Waals surface area contributed by atoms with E-state index in [-0.39, 0.29) is 5.91 Å². The maximum absolute atomic E-state index is 12.8. The molecule has 0 radical (unpaired) electrons. The van der Waals surface area contributed by atoms with Crippen molar-refractivity contribution in [2.75, 3.05) is 49.5 Å². The highest BCUT2D eigenvalue weighted by Crippen LogP contribution is 2.35. The van der Waals surface area contributed by atoms with Crippen molar-refractivity contribution in [3.8, 4) is 5.75 Å². The third kappa shape index (κ3) is 4.72. The van der Waals surface area contributed by atoms with Crippen LogP contribution in [0.2, 0.25) is 10.0 Å². The first-order valence-corrected chi connectivity index (χ1v) is 10.3. The number of carbonyl (C=O) groups excluding carboxylic acids is 1. The van der Waals surface area contributed by atoms with Gasteiger partial charge in [-0.3, -0.25) is 4.79 Å². The van der Waals surface area contributed by atoms with E-state index in [1.165, 1.54) is 0 Å². The largest absolute Gasteiger partial charge is 0.492 e. The molecule has 0 aliphatic carbocycles. The third-order valence-corrected chi connectivity index (χ3v) is 5.46. The van der Waals surface area contributed by atoms with E-state index in [2.05, 4.69) is 22.0 Å². The van der Waals surface area contributed by atoms with Crippen molar-refractivity contribution in [2.45, 2.75) is 13.8 Å². The molecule has 1 N–H and O–H groups in total. The predicted octanol–water partition coefficient (Wildman–Crippen LogP) is 4.79. The zero-order valence-electron chi connectivity index (χ0n) is 16.2. The molecule has 1 aliphatic heterocycles. The summed E-state index contributed by atoms with van der Waals surface area (Å²) in [4.78, 5) is 17.4. The molecule has 0 spiro atoms. The van der Waals surface area contributed by atoms with Gasteiger partial charge in [-0.05, 0) is 43.8 Å². The normalized spacial score (nSPS) is 14.8. The Morgan fingerprint density at radius 2 is 1.82 bits per heavy atom. The molecule has 1 heterocycles. The van der Waals surface area contributed by atoms with E-state index < -0.39 is 0 Å². The number of nitrogens with zero attached hydrogens (tertiary/aromatic N) is 2. The van der Waals surface area contributed by atoms with Gasteiger partial charge in [0, 0.05) is 31.7 Å². The van der Waals surface area contributed by atoms with Gasteiger partial charge < -0.3 is 19.9 Å². The smallest absolute Gasteiger partial charge is 0.255 e. The number of halogens is 2. The first-order chi connectivity index (χ1) is 13.5. The third-order valence-electron chi connectivity index (χ3n) is 4.86. The highest BCUT2D eigenvalue weighted by molar-refractivity contribution is 6.34. The maximum Gasteiger partial charge on any atom is 0.255 e. The second kappa shape index (κ2) is 9.50. The highest BCUT2D eigenvalue weighted by atomic mass is 35.5. The molecule has 28 heavy (non-hydrogen) atoms. The predicted molar refractivity (Wildman–Crippen MR) is 116 cm³/mol. The molecule has 2 aromatic rings. The van der Waals surface area contributed by atoms with Gasteiger partial charge in [-0.1, -0.05) is 36.2 Å². The summed E-state index contributed by atoms with van der Waals surface area (Å²) in [5, 5.41) is 4.04. The number of rotatable bonds is 6. The van der Waals surface area contributed by atoms with Crippen molar-refractivity contribution in [3.63, 3.8) is 0 Å². The summed E-state index contributed by atoms with van der Waals surface area (Å²) in [7, 11) is 0. The average Bonchev–Trinajstić information content (AvgIpc) is 2.70. The SMILES string of the molecule is CCOc1ccc(C(=O)Nc2cccc(Cl)c2N2CCN(CC)CC2)cc1Cl. The Bertz CT molecular complexity index is 836. The van der Waals surface area contributed by atoms with Gasteiger partial charge in [0.25, 0.3) is 5.91 Å². The number of para-hydroxylation sites is 1. The molecule has 1 amide bonds. The standard InChI is InChI=1S/C21H25Cl2N3O2/c1-3-25-10-12-26(13-11-25)20-16(22)6-5-7-18(20)24-21(27)15-8-9-19(28-4-2)17(23)14-15/h5-9,14H,3-4,10-13H2,1-2H3,(H,24,27). The van der Waals surface area contributed by atoms with Crippen LogP contribution >= 0.6 is 23.2 Å². The number of hydrogen-bond acceptors (Lipinski definition) is 4. The second-order valence-electron chi connectivity index (χ2n) is 6.59. The Kier molecular flexibility index (Phi) is 7.05. The molecule has 7 heteroatoms. The van der Waals surface area contributed by atoms with E-state index >= 15 is 0 Å². The molecule has 5 nitrogen and oxygen atoms in total. The molecule has 0 unspecified atom stereocenters. The zero-order chi connectivity index (χ0) is 20.1. The number of hydrogen-bond donors (Lipinski definition) is 1. The summed E-state index contributed by atoms with van der Waals surface area (Å²) < 4.78 is 5.43. The second-order valence-corrected chi connectivity index (χ2v) is 7.40. The minimum absolute atomic E-state index is 0.236. The fourth-order valence-corrected chi connectivity index (χ4v) is 3.86. The van der Waals surface area contributed by atoms with Crippen LogP contribution in [0, 0.1) is 0 Å². The molecule has 1 aliphatic rings. The van der Waals surface area contributed by atoms with Crippen LogP contribution in [0.4, 0.5) is 11.4 Å². The molecular weight excluding hydrogens is 397 g/mol. The summed E-state index contributed by atoms with van der Waals surface area (Å²) in [6, 6.07) is 10.6. The Morgan fingerprint density at radius 3 is 2.46 bits per heavy atom. The van der Waals surface area contributed by atoms with Crippen LogP contribution in [0.3, 0.4) is 0 Å². The summed E-state index contributed by atoms with van der Waals surface area (Å²) in [6.07, 6.45) is 0. The molecule has 2 aromatic carbocycles. The molecule has 3 rings (SSSR count). The Morgan fingerprint density at radius 1 is 1.07 bits per heavy atom. The maximum atomic E-state index is 12.8. The van der Waals surface area contributed by atoms with Gasteiger partial charge in [0.05, 0.1) is 28.0 Å². The van der Waals surface area contributed by atoms with Crippen LogP contribution < -0.4 is 15.0 Å². The number of anilines is 2. The van der Waals surface area contributed by atoms with Crippen molar-refractivity contribution in [1.29, 1.82) is 0 Å². The topological polar surface area (TPSA) is 44.8 Å². The number of carbonyl (C=O) groups is 1. The van der Waals surface area contributed by atoms with E-state index in [0.717, 1.165) is 38.4 Å². The van der Waals surface area contributed by atoms with Gasteiger partial charge in [-0.2, -0.15) is 0 Å². The van der Waals surface area contributed by atoms with Crippen LogP contribution in [-0.2, 0) is 0 Å². The molecule has 0 atom stereocenters. The number of amides is 1. The lowest BCUT2D eigenvalue weighted by Gasteiger charge is -2.36. The summed E-state index contributed by atoms with van der Waals surface area (Å²) in [5.74, 6) is 0.332. The quantitative estimate of drug-likeness (QED) is 0.728. The molecule has 0 bridgehead atoms. The van der Waals surface area contributed by atoms with E-state index in [1.54, 1.807) is 18.2 Å². The fourth-order valence-electron chi connectivity index (χ4n) is 3.33.